The van der Waals surface area contributed by atoms with Crippen molar-refractivity contribution in [2.45, 2.75) is 25.9 Å². The fraction of sp³-hybridized carbons (Fsp3) is 0.294. The molecule has 2 heterocycles. The number of para-hydroxylation sites is 2. The number of ether oxygens (including phenoxy) is 1. The van der Waals surface area contributed by atoms with Gasteiger partial charge in [-0.1, -0.05) is 26.0 Å². The minimum absolute atomic E-state index is 0.0926. The van der Waals surface area contributed by atoms with Crippen molar-refractivity contribution in [2.75, 3.05) is 7.11 Å². The summed E-state index contributed by atoms with van der Waals surface area (Å²) in [6.07, 6.45) is 0.0926. The second kappa shape index (κ2) is 4.07. The topological polar surface area (TPSA) is 39.3 Å². The highest BCUT2D eigenvalue weighted by molar-refractivity contribution is 5.82. The minimum atomic E-state index is 0.0926. The largest absolute Gasteiger partial charge is 0.507 e. The highest BCUT2D eigenvalue weighted by Crippen LogP contribution is 2.48. The molecular formula is C17H18N2O2. The number of rotatable bonds is 3. The summed E-state index contributed by atoms with van der Waals surface area (Å²) in [4.78, 5) is 0. The van der Waals surface area contributed by atoms with E-state index >= 15 is 0 Å². The lowest BCUT2D eigenvalue weighted by atomic mass is 9.98. The van der Waals surface area contributed by atoms with E-state index < -0.39 is 0 Å². The van der Waals surface area contributed by atoms with Gasteiger partial charge in [0.1, 0.15) is 11.5 Å². The molecule has 0 saturated carbocycles. The molecule has 1 aliphatic rings. The summed E-state index contributed by atoms with van der Waals surface area (Å²) in [6, 6.07) is 12.1. The molecule has 0 unspecified atom stereocenters. The lowest BCUT2D eigenvalue weighted by Gasteiger charge is -2.13. The molecule has 0 saturated heterocycles. The normalized spacial score (nSPS) is 13.9. The maximum absolute atomic E-state index is 10.6. The molecule has 0 atom stereocenters. The van der Waals surface area contributed by atoms with E-state index in [4.69, 9.17) is 4.74 Å². The monoisotopic (exact) mass is 282 g/mol. The van der Waals surface area contributed by atoms with Crippen molar-refractivity contribution in [3.8, 4) is 11.5 Å². The van der Waals surface area contributed by atoms with Crippen molar-refractivity contribution in [1.29, 1.82) is 0 Å². The van der Waals surface area contributed by atoms with Crippen molar-refractivity contribution in [2.24, 2.45) is 0 Å². The Morgan fingerprint density at radius 3 is 2.24 bits per heavy atom. The average Bonchev–Trinajstić information content (AvgIpc) is 3.13. The van der Waals surface area contributed by atoms with Gasteiger partial charge in [-0.15, -0.1) is 0 Å². The first-order chi connectivity index (χ1) is 10.1. The minimum Gasteiger partial charge on any atom is -0.507 e. The Kier molecular flexibility index (Phi) is 2.40. The summed E-state index contributed by atoms with van der Waals surface area (Å²) < 4.78 is 9.78. The Hall–Kier alpha value is -2.36. The van der Waals surface area contributed by atoms with Gasteiger partial charge in [0.05, 0.1) is 18.1 Å². The molecule has 3 aromatic rings. The van der Waals surface area contributed by atoms with E-state index in [1.807, 2.05) is 24.3 Å². The lowest BCUT2D eigenvalue weighted by molar-refractivity contribution is 0.407. The molecule has 4 rings (SSSR count). The molecule has 0 radical (unpaired) electrons. The number of methoxy groups -OCH3 is 1. The zero-order chi connectivity index (χ0) is 14.7. The number of nitrogens with zero attached hydrogens (tertiary/aromatic N) is 2. The molecule has 1 aromatic heterocycles. The fourth-order valence-corrected chi connectivity index (χ4v) is 3.14. The summed E-state index contributed by atoms with van der Waals surface area (Å²) >= 11 is 0. The van der Waals surface area contributed by atoms with E-state index in [2.05, 4.69) is 35.3 Å². The summed E-state index contributed by atoms with van der Waals surface area (Å²) in [5, 5.41) is 10.6. The number of aromatic nitrogens is 2. The third kappa shape index (κ3) is 1.56. The molecule has 2 aromatic carbocycles. The number of phenolic OH excluding ortho intramolecular Hbond substituents is 1. The summed E-state index contributed by atoms with van der Waals surface area (Å²) in [5.41, 5.74) is 4.28. The van der Waals surface area contributed by atoms with Crippen molar-refractivity contribution in [3.05, 3.63) is 47.5 Å². The molecule has 0 bridgehead atoms. The third-order valence-electron chi connectivity index (χ3n) is 4.29. The van der Waals surface area contributed by atoms with Crippen LogP contribution in [0.5, 0.6) is 11.5 Å². The first-order valence-electron chi connectivity index (χ1n) is 7.21. The second-order valence-corrected chi connectivity index (χ2v) is 5.86. The Morgan fingerprint density at radius 1 is 1.10 bits per heavy atom. The van der Waals surface area contributed by atoms with E-state index in [9.17, 15) is 5.11 Å². The Labute approximate surface area is 123 Å². The smallest absolute Gasteiger partial charge is 0.170 e. The van der Waals surface area contributed by atoms with Crippen LogP contribution in [0.2, 0.25) is 0 Å². The first kappa shape index (κ1) is 12.4. The number of fused-ring (bicyclic) bond motifs is 4. The van der Waals surface area contributed by atoms with Crippen molar-refractivity contribution in [3.63, 3.8) is 0 Å². The first-order valence-corrected chi connectivity index (χ1v) is 7.21. The standard InChI is InChI=1S/C17H18N2O2/c1-10(2)12-8-11(21-3)9-13(16(12)20)17-18-14-6-4-5-7-15(14)19(17)18/h4-10,17,20H,1-3H3. The SMILES string of the molecule is COc1cc(C(C)C)c(O)c(C2n3c4ccccc4n32)c1. The summed E-state index contributed by atoms with van der Waals surface area (Å²) in [7, 11) is 1.66. The highest BCUT2D eigenvalue weighted by atomic mass is 16.5. The Morgan fingerprint density at radius 2 is 1.71 bits per heavy atom. The average molecular weight is 282 g/mol. The second-order valence-electron chi connectivity index (χ2n) is 5.86. The quantitative estimate of drug-likeness (QED) is 0.622. The van der Waals surface area contributed by atoms with Crippen LogP contribution in [0.1, 0.15) is 37.1 Å². The van der Waals surface area contributed by atoms with Crippen LogP contribution in [0, 0.1) is 0 Å². The Balaban J connectivity index is 1.84. The van der Waals surface area contributed by atoms with E-state index in [1.54, 1.807) is 7.11 Å². The van der Waals surface area contributed by atoms with Gasteiger partial charge in [-0.25, -0.2) is 0 Å². The predicted molar refractivity (Wildman–Crippen MR) is 82.2 cm³/mol. The van der Waals surface area contributed by atoms with Gasteiger partial charge in [-0.3, -0.25) is 9.36 Å². The highest BCUT2D eigenvalue weighted by Gasteiger charge is 2.41. The molecule has 4 heteroatoms. The van der Waals surface area contributed by atoms with Crippen LogP contribution in [0.15, 0.2) is 36.4 Å². The van der Waals surface area contributed by atoms with E-state index in [0.29, 0.717) is 5.75 Å². The molecular weight excluding hydrogens is 264 g/mol. The van der Waals surface area contributed by atoms with Gasteiger partial charge in [-0.2, -0.15) is 0 Å². The number of hydrogen-bond donors (Lipinski definition) is 1. The zero-order valence-corrected chi connectivity index (χ0v) is 12.4. The molecule has 4 nitrogen and oxygen atoms in total. The maximum atomic E-state index is 10.6. The third-order valence-corrected chi connectivity index (χ3v) is 4.29. The van der Waals surface area contributed by atoms with E-state index in [1.165, 1.54) is 11.0 Å². The van der Waals surface area contributed by atoms with Crippen LogP contribution in [-0.2, 0) is 0 Å². The van der Waals surface area contributed by atoms with Crippen molar-refractivity contribution < 1.29 is 9.84 Å². The van der Waals surface area contributed by atoms with Gasteiger partial charge < -0.3 is 9.84 Å². The van der Waals surface area contributed by atoms with Crippen LogP contribution in [0.25, 0.3) is 11.0 Å². The van der Waals surface area contributed by atoms with E-state index in [-0.39, 0.29) is 12.1 Å². The van der Waals surface area contributed by atoms with Gasteiger partial charge >= 0.3 is 0 Å². The van der Waals surface area contributed by atoms with Crippen molar-refractivity contribution >= 4 is 11.0 Å². The van der Waals surface area contributed by atoms with Crippen LogP contribution >= 0.6 is 0 Å². The number of aromatic hydroxyl groups is 1. The number of hydrogen-bond acceptors (Lipinski definition) is 2. The van der Waals surface area contributed by atoms with Gasteiger partial charge in [-0.05, 0) is 30.2 Å². The molecule has 0 spiro atoms. The lowest BCUT2D eigenvalue weighted by Crippen LogP contribution is -1.96. The van der Waals surface area contributed by atoms with Gasteiger partial charge in [0, 0.05) is 11.1 Å². The molecule has 0 fully saturated rings. The molecule has 1 aliphatic heterocycles. The van der Waals surface area contributed by atoms with Crippen LogP contribution in [0.3, 0.4) is 0 Å². The number of phenols is 1. The summed E-state index contributed by atoms with van der Waals surface area (Å²) in [5.74, 6) is 1.43. The molecule has 21 heavy (non-hydrogen) atoms. The Bertz CT molecular complexity index is 805. The molecule has 0 amide bonds. The fourth-order valence-electron chi connectivity index (χ4n) is 3.14. The van der Waals surface area contributed by atoms with Crippen LogP contribution in [0.4, 0.5) is 0 Å². The van der Waals surface area contributed by atoms with Crippen LogP contribution < -0.4 is 4.74 Å². The van der Waals surface area contributed by atoms with Gasteiger partial charge in [0.2, 0.25) is 0 Å². The predicted octanol–water partition coefficient (Wildman–Crippen LogP) is 3.69. The van der Waals surface area contributed by atoms with Crippen LogP contribution in [-0.4, -0.2) is 21.6 Å². The number of benzene rings is 2. The maximum Gasteiger partial charge on any atom is 0.170 e. The van der Waals surface area contributed by atoms with E-state index in [0.717, 1.165) is 16.9 Å². The van der Waals surface area contributed by atoms with Gasteiger partial charge in [0.25, 0.3) is 0 Å². The molecule has 1 N–H and O–H groups in total. The van der Waals surface area contributed by atoms with Crippen molar-refractivity contribution in [1.82, 2.24) is 9.36 Å². The molecule has 0 aliphatic carbocycles. The molecule has 108 valence electrons. The summed E-state index contributed by atoms with van der Waals surface area (Å²) in [6.45, 7) is 4.16. The zero-order valence-electron chi connectivity index (χ0n) is 12.4. The van der Waals surface area contributed by atoms with Gasteiger partial charge in [0.15, 0.2) is 6.17 Å².